The van der Waals surface area contributed by atoms with Crippen LogP contribution < -0.4 is 4.74 Å². The number of ether oxygens (including phenoxy) is 1. The van der Waals surface area contributed by atoms with E-state index in [9.17, 15) is 4.39 Å². The second kappa shape index (κ2) is 4.89. The molecule has 0 unspecified atom stereocenters. The Morgan fingerprint density at radius 2 is 2.29 bits per heavy atom. The molecule has 0 atom stereocenters. The summed E-state index contributed by atoms with van der Waals surface area (Å²) in [6.07, 6.45) is 0.166. The van der Waals surface area contributed by atoms with Gasteiger partial charge in [-0.15, -0.1) is 0 Å². The van der Waals surface area contributed by atoms with Gasteiger partial charge >= 0.3 is 0 Å². The average Bonchev–Trinajstić information content (AvgIpc) is 2.21. The Kier molecular flexibility index (Phi) is 3.52. The number of nitriles is 1. The van der Waals surface area contributed by atoms with Gasteiger partial charge in [-0.3, -0.25) is 0 Å². The molecule has 0 aliphatic heterocycles. The van der Waals surface area contributed by atoms with Gasteiger partial charge in [0.25, 0.3) is 0 Å². The fourth-order valence-electron chi connectivity index (χ4n) is 0.923. The predicted octanol–water partition coefficient (Wildman–Crippen LogP) is 2.10. The molecule has 2 nitrogen and oxygen atoms in total. The van der Waals surface area contributed by atoms with E-state index in [1.54, 1.807) is 6.07 Å². The van der Waals surface area contributed by atoms with Crippen molar-refractivity contribution in [1.29, 1.82) is 5.26 Å². The maximum Gasteiger partial charge on any atom is 0.165 e. The molecule has 3 heteroatoms. The van der Waals surface area contributed by atoms with Crippen LogP contribution in [0.3, 0.4) is 0 Å². The highest BCUT2D eigenvalue weighted by molar-refractivity contribution is 5.40. The van der Waals surface area contributed by atoms with Crippen molar-refractivity contribution in [3.05, 3.63) is 29.6 Å². The van der Waals surface area contributed by atoms with E-state index in [0.717, 1.165) is 0 Å². The smallest absolute Gasteiger partial charge is 0.165 e. The van der Waals surface area contributed by atoms with Gasteiger partial charge in [0.15, 0.2) is 11.6 Å². The Morgan fingerprint density at radius 3 is 2.93 bits per heavy atom. The molecule has 0 radical (unpaired) electrons. The summed E-state index contributed by atoms with van der Waals surface area (Å²) in [7, 11) is 1.39. The van der Waals surface area contributed by atoms with Crippen LogP contribution in [0, 0.1) is 29.0 Å². The summed E-state index contributed by atoms with van der Waals surface area (Å²) < 4.78 is 17.7. The van der Waals surface area contributed by atoms with Crippen LogP contribution in [0.5, 0.6) is 5.75 Å². The zero-order valence-corrected chi connectivity index (χ0v) is 7.67. The number of hydrogen-bond donors (Lipinski definition) is 0. The topological polar surface area (TPSA) is 33.0 Å². The molecular weight excluding hydrogens is 181 g/mol. The van der Waals surface area contributed by atoms with E-state index in [0.29, 0.717) is 5.56 Å². The largest absolute Gasteiger partial charge is 0.494 e. The molecule has 0 fully saturated rings. The summed E-state index contributed by atoms with van der Waals surface area (Å²) in [6.45, 7) is 0. The first kappa shape index (κ1) is 10.1. The van der Waals surface area contributed by atoms with Gasteiger partial charge in [0.1, 0.15) is 0 Å². The summed E-state index contributed by atoms with van der Waals surface area (Å²) in [5, 5.41) is 8.25. The molecule has 0 bridgehead atoms. The van der Waals surface area contributed by atoms with Crippen molar-refractivity contribution in [1.82, 2.24) is 0 Å². The lowest BCUT2D eigenvalue weighted by molar-refractivity contribution is 0.386. The maximum absolute atomic E-state index is 12.9. The molecular formula is C11H8FNO. The lowest BCUT2D eigenvalue weighted by Crippen LogP contribution is -1.88. The van der Waals surface area contributed by atoms with Gasteiger partial charge in [0.05, 0.1) is 19.6 Å². The first-order valence-corrected chi connectivity index (χ1v) is 3.97. The predicted molar refractivity (Wildman–Crippen MR) is 50.1 cm³/mol. The quantitative estimate of drug-likeness (QED) is 0.634. The molecule has 14 heavy (non-hydrogen) atoms. The third-order valence-corrected chi connectivity index (χ3v) is 1.55. The van der Waals surface area contributed by atoms with Crippen LogP contribution in [0.1, 0.15) is 12.0 Å². The van der Waals surface area contributed by atoms with Crippen molar-refractivity contribution >= 4 is 0 Å². The molecule has 1 aromatic rings. The van der Waals surface area contributed by atoms with Gasteiger partial charge in [-0.25, -0.2) is 4.39 Å². The number of methoxy groups -OCH3 is 1. The van der Waals surface area contributed by atoms with Crippen LogP contribution in [0.4, 0.5) is 4.39 Å². The van der Waals surface area contributed by atoms with Crippen LogP contribution >= 0.6 is 0 Å². The van der Waals surface area contributed by atoms with Crippen LogP contribution in [0.25, 0.3) is 0 Å². The minimum absolute atomic E-state index is 0.161. The van der Waals surface area contributed by atoms with Gasteiger partial charge < -0.3 is 4.74 Å². The van der Waals surface area contributed by atoms with Crippen LogP contribution in [-0.4, -0.2) is 7.11 Å². The Hall–Kier alpha value is -2.00. The molecule has 0 aromatic heterocycles. The average molecular weight is 189 g/mol. The van der Waals surface area contributed by atoms with Gasteiger partial charge in [-0.2, -0.15) is 5.26 Å². The zero-order chi connectivity index (χ0) is 10.4. The highest BCUT2D eigenvalue weighted by Gasteiger charge is 2.00. The second-order valence-electron chi connectivity index (χ2n) is 2.49. The van der Waals surface area contributed by atoms with E-state index in [2.05, 4.69) is 11.8 Å². The summed E-state index contributed by atoms with van der Waals surface area (Å²) >= 11 is 0. The van der Waals surface area contributed by atoms with Gasteiger partial charge in [-0.1, -0.05) is 11.8 Å². The zero-order valence-electron chi connectivity index (χ0n) is 7.67. The number of halogens is 1. The summed E-state index contributed by atoms with van der Waals surface area (Å²) in [5.74, 6) is 5.10. The van der Waals surface area contributed by atoms with Crippen molar-refractivity contribution in [2.45, 2.75) is 6.42 Å². The van der Waals surface area contributed by atoms with Crippen molar-refractivity contribution in [2.24, 2.45) is 0 Å². The van der Waals surface area contributed by atoms with Gasteiger partial charge in [0.2, 0.25) is 0 Å². The fraction of sp³-hybridized carbons (Fsp3) is 0.182. The first-order chi connectivity index (χ1) is 6.77. The molecule has 0 N–H and O–H groups in total. The summed E-state index contributed by atoms with van der Waals surface area (Å²) in [4.78, 5) is 0. The SMILES string of the molecule is COc1cc(C#CCC#N)ccc1F. The van der Waals surface area contributed by atoms with Crippen molar-refractivity contribution in [2.75, 3.05) is 7.11 Å². The highest BCUT2D eigenvalue weighted by atomic mass is 19.1. The molecule has 70 valence electrons. The van der Waals surface area contributed by atoms with Gasteiger partial charge in [-0.05, 0) is 18.2 Å². The van der Waals surface area contributed by atoms with Crippen molar-refractivity contribution < 1.29 is 9.13 Å². The van der Waals surface area contributed by atoms with Gasteiger partial charge in [0, 0.05) is 5.56 Å². The fourth-order valence-corrected chi connectivity index (χ4v) is 0.923. The van der Waals surface area contributed by atoms with E-state index in [4.69, 9.17) is 10.00 Å². The Balaban J connectivity index is 2.92. The summed E-state index contributed by atoms with van der Waals surface area (Å²) in [6, 6.07) is 6.23. The Bertz CT molecular complexity index is 423. The molecule has 0 amide bonds. The van der Waals surface area contributed by atoms with E-state index in [-0.39, 0.29) is 12.2 Å². The first-order valence-electron chi connectivity index (χ1n) is 3.97. The number of rotatable bonds is 1. The molecule has 0 aliphatic rings. The number of benzene rings is 1. The number of nitrogens with zero attached hydrogens (tertiary/aromatic N) is 1. The van der Waals surface area contributed by atoms with Crippen LogP contribution in [0.2, 0.25) is 0 Å². The number of hydrogen-bond acceptors (Lipinski definition) is 2. The molecule has 0 saturated heterocycles. The van der Waals surface area contributed by atoms with E-state index in [1.165, 1.54) is 19.2 Å². The molecule has 0 saturated carbocycles. The van der Waals surface area contributed by atoms with Crippen molar-refractivity contribution in [3.63, 3.8) is 0 Å². The minimum Gasteiger partial charge on any atom is -0.494 e. The Labute approximate surface area is 81.9 Å². The monoisotopic (exact) mass is 189 g/mol. The van der Waals surface area contributed by atoms with E-state index in [1.807, 2.05) is 6.07 Å². The molecule has 0 spiro atoms. The third kappa shape index (κ3) is 2.50. The standard InChI is InChI=1S/C11H8FNO/c1-14-11-8-9(4-2-3-7-13)5-6-10(11)12/h5-6,8H,3H2,1H3. The molecule has 0 aliphatic carbocycles. The van der Waals surface area contributed by atoms with E-state index < -0.39 is 5.82 Å². The normalized spacial score (nSPS) is 8.36. The lowest BCUT2D eigenvalue weighted by Gasteiger charge is -2.00. The molecule has 0 heterocycles. The molecule has 1 aromatic carbocycles. The maximum atomic E-state index is 12.9. The molecule has 1 rings (SSSR count). The van der Waals surface area contributed by atoms with Crippen LogP contribution in [-0.2, 0) is 0 Å². The van der Waals surface area contributed by atoms with Crippen LogP contribution in [0.15, 0.2) is 18.2 Å². The third-order valence-electron chi connectivity index (χ3n) is 1.55. The highest BCUT2D eigenvalue weighted by Crippen LogP contribution is 2.17. The Morgan fingerprint density at radius 1 is 1.50 bits per heavy atom. The van der Waals surface area contributed by atoms with E-state index >= 15 is 0 Å². The second-order valence-corrected chi connectivity index (χ2v) is 2.49. The minimum atomic E-state index is -0.418. The lowest BCUT2D eigenvalue weighted by atomic mass is 10.2. The summed E-state index contributed by atoms with van der Waals surface area (Å²) in [5.41, 5.74) is 0.638. The van der Waals surface area contributed by atoms with Crippen molar-refractivity contribution in [3.8, 4) is 23.7 Å².